The van der Waals surface area contributed by atoms with E-state index in [-0.39, 0.29) is 11.7 Å². The van der Waals surface area contributed by atoms with Gasteiger partial charge in [0.1, 0.15) is 30.1 Å². The Balaban J connectivity index is 1.96. The number of aryl methyl sites for hydroxylation is 1. The third-order valence-electron chi connectivity index (χ3n) is 3.76. The van der Waals surface area contributed by atoms with Gasteiger partial charge in [0.15, 0.2) is 0 Å². The van der Waals surface area contributed by atoms with E-state index in [1.165, 1.54) is 0 Å². The fraction of sp³-hybridized carbons (Fsp3) is 0.353. The van der Waals surface area contributed by atoms with Gasteiger partial charge in [-0.2, -0.15) is 5.10 Å². The van der Waals surface area contributed by atoms with Crippen LogP contribution in [0.4, 0.5) is 0 Å². The van der Waals surface area contributed by atoms with E-state index in [4.69, 9.17) is 5.11 Å². The van der Waals surface area contributed by atoms with Gasteiger partial charge in [-0.05, 0) is 18.6 Å². The van der Waals surface area contributed by atoms with E-state index in [0.29, 0.717) is 0 Å². The summed E-state index contributed by atoms with van der Waals surface area (Å²) in [6.07, 6.45) is -4.32. The van der Waals surface area contributed by atoms with Gasteiger partial charge in [0, 0.05) is 0 Å². The van der Waals surface area contributed by atoms with Gasteiger partial charge in [0.2, 0.25) is 5.96 Å². The minimum Gasteiger partial charge on any atom is -0.394 e. The second-order valence-corrected chi connectivity index (χ2v) is 5.97. The molecule has 0 spiro atoms. The summed E-state index contributed by atoms with van der Waals surface area (Å²) in [5, 5.41) is 52.9. The molecular formula is C17H22N4O6. The standard InChI is InChI=1S/C17H22N4O6/c1-9-2-4-10(5-3-9)6-11-16(27)20-17(19-11)21-18-7-12(23)14(25)15(26)13(24)8-22/h2-7,12-15,22-26H,8H2,1H3,(H2,19,20,21,27)/b11-6-,18-7+. The molecular weight excluding hydrogens is 356 g/mol. The summed E-state index contributed by atoms with van der Waals surface area (Å²) in [5.74, 6) is -0.414. The number of nitrogens with one attached hydrogen (secondary N) is 2. The molecule has 0 radical (unpaired) electrons. The van der Waals surface area contributed by atoms with Crippen molar-refractivity contribution in [1.29, 1.82) is 0 Å². The molecule has 10 nitrogen and oxygen atoms in total. The molecule has 1 amide bonds. The molecule has 0 saturated carbocycles. The normalized spacial score (nSPS) is 20.3. The highest BCUT2D eigenvalue weighted by Crippen LogP contribution is 2.12. The zero-order valence-electron chi connectivity index (χ0n) is 14.5. The first kappa shape index (κ1) is 20.7. The first-order valence-electron chi connectivity index (χ1n) is 8.12. The minimum atomic E-state index is -1.77. The molecule has 0 fully saturated rings. The van der Waals surface area contributed by atoms with Crippen molar-refractivity contribution >= 4 is 24.2 Å². The predicted octanol–water partition coefficient (Wildman–Crippen LogP) is -2.17. The molecule has 0 aliphatic carbocycles. The van der Waals surface area contributed by atoms with Crippen LogP contribution in [0.2, 0.25) is 0 Å². The number of carbonyl (C=O) groups excluding carboxylic acids is 1. The lowest BCUT2D eigenvalue weighted by Crippen LogP contribution is -2.46. The van der Waals surface area contributed by atoms with Gasteiger partial charge in [0.05, 0.1) is 12.8 Å². The molecule has 10 heteroatoms. The highest BCUT2D eigenvalue weighted by Gasteiger charge is 2.29. The van der Waals surface area contributed by atoms with Crippen LogP contribution in [0, 0.1) is 6.92 Å². The fourth-order valence-electron chi connectivity index (χ4n) is 2.14. The van der Waals surface area contributed by atoms with Gasteiger partial charge in [-0.15, -0.1) is 0 Å². The van der Waals surface area contributed by atoms with Crippen LogP contribution < -0.4 is 10.7 Å². The number of hydrazone groups is 1. The molecule has 2 rings (SSSR count). The Morgan fingerprint density at radius 1 is 1.19 bits per heavy atom. The monoisotopic (exact) mass is 378 g/mol. The smallest absolute Gasteiger partial charge is 0.276 e. The zero-order chi connectivity index (χ0) is 20.0. The van der Waals surface area contributed by atoms with Crippen molar-refractivity contribution in [3.8, 4) is 0 Å². The maximum atomic E-state index is 11.9. The lowest BCUT2D eigenvalue weighted by atomic mass is 10.0. The molecule has 0 bridgehead atoms. The number of rotatable bonds is 7. The lowest BCUT2D eigenvalue weighted by molar-refractivity contribution is -0.115. The second-order valence-electron chi connectivity index (χ2n) is 5.97. The topological polar surface area (TPSA) is 167 Å². The van der Waals surface area contributed by atoms with Crippen LogP contribution in [0.5, 0.6) is 0 Å². The average molecular weight is 378 g/mol. The third kappa shape index (κ3) is 5.67. The molecule has 27 heavy (non-hydrogen) atoms. The summed E-state index contributed by atoms with van der Waals surface area (Å²) in [6, 6.07) is 7.50. The van der Waals surface area contributed by atoms with Crippen molar-refractivity contribution in [2.75, 3.05) is 6.61 Å². The molecule has 7 N–H and O–H groups in total. The summed E-state index contributed by atoms with van der Waals surface area (Å²) in [7, 11) is 0. The lowest BCUT2D eigenvalue weighted by Gasteiger charge is -2.23. The van der Waals surface area contributed by atoms with Gasteiger partial charge >= 0.3 is 0 Å². The number of aliphatic hydroxyl groups excluding tert-OH is 5. The van der Waals surface area contributed by atoms with Crippen molar-refractivity contribution in [2.24, 2.45) is 10.1 Å². The minimum absolute atomic E-state index is 0.0206. The summed E-state index contributed by atoms with van der Waals surface area (Å²) in [5.41, 5.74) is 4.44. The molecule has 4 atom stereocenters. The Morgan fingerprint density at radius 3 is 2.48 bits per heavy atom. The van der Waals surface area contributed by atoms with Gasteiger partial charge in [-0.25, -0.2) is 10.4 Å². The molecule has 1 aliphatic heterocycles. The number of aliphatic hydroxyl groups is 5. The number of nitrogens with zero attached hydrogens (tertiary/aromatic N) is 2. The molecule has 146 valence electrons. The van der Waals surface area contributed by atoms with Crippen LogP contribution in [-0.4, -0.2) is 74.6 Å². The summed E-state index contributed by atoms with van der Waals surface area (Å²) >= 11 is 0. The number of guanidine groups is 1. The van der Waals surface area contributed by atoms with Crippen molar-refractivity contribution in [2.45, 2.75) is 31.3 Å². The van der Waals surface area contributed by atoms with E-state index in [9.17, 15) is 25.2 Å². The Labute approximate surface area is 155 Å². The highest BCUT2D eigenvalue weighted by molar-refractivity contribution is 6.13. The van der Waals surface area contributed by atoms with Gasteiger partial charge in [-0.3, -0.25) is 10.1 Å². The van der Waals surface area contributed by atoms with Crippen LogP contribution in [0.15, 0.2) is 40.1 Å². The molecule has 4 unspecified atom stereocenters. The Bertz CT molecular complexity index is 746. The number of hydrogen-bond donors (Lipinski definition) is 7. The maximum Gasteiger partial charge on any atom is 0.276 e. The SMILES string of the molecule is Cc1ccc(/C=C2\N=C(N/N=C/C(O)C(O)C(O)C(O)CO)NC2=O)cc1. The first-order valence-corrected chi connectivity index (χ1v) is 8.12. The van der Waals surface area contributed by atoms with Gasteiger partial charge < -0.3 is 25.5 Å². The Hall–Kier alpha value is -2.63. The molecule has 0 saturated heterocycles. The van der Waals surface area contributed by atoms with Crippen LogP contribution in [0.1, 0.15) is 11.1 Å². The van der Waals surface area contributed by atoms with E-state index in [0.717, 1.165) is 17.3 Å². The van der Waals surface area contributed by atoms with E-state index in [2.05, 4.69) is 20.8 Å². The van der Waals surface area contributed by atoms with Crippen LogP contribution in [0.3, 0.4) is 0 Å². The first-order chi connectivity index (χ1) is 12.8. The van der Waals surface area contributed by atoms with E-state index in [1.807, 2.05) is 31.2 Å². The molecule has 0 aromatic heterocycles. The maximum absolute atomic E-state index is 11.9. The highest BCUT2D eigenvalue weighted by atomic mass is 16.4. The molecule has 1 aromatic rings. The van der Waals surface area contributed by atoms with Crippen molar-refractivity contribution in [1.82, 2.24) is 10.7 Å². The third-order valence-corrected chi connectivity index (χ3v) is 3.76. The van der Waals surface area contributed by atoms with Crippen molar-refractivity contribution in [3.05, 3.63) is 41.1 Å². The number of benzene rings is 1. The number of aliphatic imine (C=N–C) groups is 1. The molecule has 1 aromatic carbocycles. The van der Waals surface area contributed by atoms with Crippen LogP contribution in [0.25, 0.3) is 6.08 Å². The van der Waals surface area contributed by atoms with Gasteiger partial charge in [-0.1, -0.05) is 29.8 Å². The van der Waals surface area contributed by atoms with E-state index in [1.54, 1.807) is 6.08 Å². The van der Waals surface area contributed by atoms with E-state index < -0.39 is 36.9 Å². The average Bonchev–Trinajstić information content (AvgIpc) is 3.00. The predicted molar refractivity (Wildman–Crippen MR) is 97.5 cm³/mol. The number of carbonyl (C=O) groups is 1. The summed E-state index contributed by atoms with van der Waals surface area (Å²) in [4.78, 5) is 15.9. The fourth-order valence-corrected chi connectivity index (χ4v) is 2.14. The Morgan fingerprint density at radius 2 is 1.85 bits per heavy atom. The molecule has 1 heterocycles. The summed E-state index contributed by atoms with van der Waals surface area (Å²) in [6.45, 7) is 1.17. The largest absolute Gasteiger partial charge is 0.394 e. The molecule has 1 aliphatic rings. The van der Waals surface area contributed by atoms with Crippen LogP contribution >= 0.6 is 0 Å². The Kier molecular flexibility index (Phi) is 7.16. The van der Waals surface area contributed by atoms with Crippen LogP contribution in [-0.2, 0) is 4.79 Å². The number of hydrogen-bond acceptors (Lipinski definition) is 9. The van der Waals surface area contributed by atoms with Gasteiger partial charge in [0.25, 0.3) is 5.91 Å². The van der Waals surface area contributed by atoms with Crippen molar-refractivity contribution < 1.29 is 30.3 Å². The summed E-state index contributed by atoms with van der Waals surface area (Å²) < 4.78 is 0. The zero-order valence-corrected chi connectivity index (χ0v) is 14.5. The van der Waals surface area contributed by atoms with Crippen molar-refractivity contribution in [3.63, 3.8) is 0 Å². The second kappa shape index (κ2) is 9.35. The number of amides is 1. The van der Waals surface area contributed by atoms with E-state index >= 15 is 0 Å². The quantitative estimate of drug-likeness (QED) is 0.161.